The lowest BCUT2D eigenvalue weighted by atomic mass is 10.5. The molecule has 0 bridgehead atoms. The molecular weight excluding hydrogens is 216 g/mol. The van der Waals surface area contributed by atoms with E-state index in [1.807, 2.05) is 0 Å². The van der Waals surface area contributed by atoms with E-state index in [1.54, 1.807) is 0 Å². The van der Waals surface area contributed by atoms with Crippen LogP contribution in [0.15, 0.2) is 0 Å². The quantitative estimate of drug-likeness (QED) is 0.672. The van der Waals surface area contributed by atoms with Crippen molar-refractivity contribution in [1.29, 1.82) is 0 Å². The van der Waals surface area contributed by atoms with Crippen LogP contribution in [-0.4, -0.2) is 9.62 Å². The van der Waals surface area contributed by atoms with Crippen LogP contribution in [0.4, 0.5) is 0 Å². The van der Waals surface area contributed by atoms with Crippen molar-refractivity contribution >= 4 is 40.0 Å². The average Bonchev–Trinajstić information content (AvgIpc) is 2.14. The van der Waals surface area contributed by atoms with Gasteiger partial charge in [-0.1, -0.05) is 23.2 Å². The second-order valence-electron chi connectivity index (χ2n) is 1.40. The van der Waals surface area contributed by atoms with Gasteiger partial charge in [-0.15, -0.1) is 0 Å². The minimum Gasteiger partial charge on any atom is -0.219 e. The van der Waals surface area contributed by atoms with Gasteiger partial charge < -0.3 is 0 Å². The molecule has 0 spiro atoms. The van der Waals surface area contributed by atoms with Crippen molar-refractivity contribution < 1.29 is 16.4 Å². The topological polar surface area (TPSA) is 30.0 Å². The predicted molar refractivity (Wildman–Crippen MR) is 37.9 cm³/mol. The van der Waals surface area contributed by atoms with E-state index >= 15 is 0 Å². The van der Waals surface area contributed by atoms with Crippen LogP contribution in [0.3, 0.4) is 0 Å². The molecule has 1 heterocycles. The summed E-state index contributed by atoms with van der Waals surface area (Å²) in [5.41, 5.74) is 0. The molecule has 0 aliphatic carbocycles. The molecule has 54 valence electrons. The molecule has 0 amide bonds. The van der Waals surface area contributed by atoms with E-state index < -0.39 is 5.24 Å². The van der Waals surface area contributed by atoms with E-state index in [2.05, 4.69) is 16.0 Å². The Morgan fingerprint density at radius 2 is 2.20 bits per heavy atom. The minimum absolute atomic E-state index is 0.139. The molecule has 0 N–H and O–H groups in total. The van der Waals surface area contributed by atoms with E-state index in [4.69, 9.17) is 23.2 Å². The average molecular weight is 217 g/mol. The van der Waals surface area contributed by atoms with Crippen LogP contribution in [0.2, 0.25) is 10.2 Å². The van der Waals surface area contributed by atoms with E-state index in [1.165, 1.54) is 0 Å². The SMILES string of the molecule is O=C([ClH+])c1snc(Cl)c1Cl. The van der Waals surface area contributed by atoms with Crippen molar-refractivity contribution in [1.82, 2.24) is 4.37 Å². The highest BCUT2D eigenvalue weighted by Gasteiger charge is 2.20. The van der Waals surface area contributed by atoms with Gasteiger partial charge in [-0.2, -0.15) is 4.37 Å². The number of halogens is 3. The molecule has 0 atom stereocenters. The molecule has 0 fully saturated rings. The maximum Gasteiger partial charge on any atom is 0.444 e. The van der Waals surface area contributed by atoms with Crippen LogP contribution in [0.5, 0.6) is 0 Å². The van der Waals surface area contributed by atoms with Crippen molar-refractivity contribution in [2.45, 2.75) is 0 Å². The molecule has 0 aromatic carbocycles. The lowest BCUT2D eigenvalue weighted by Crippen LogP contribution is -1.87. The summed E-state index contributed by atoms with van der Waals surface area (Å²) in [5, 5.41) is -0.221. The Labute approximate surface area is 75.9 Å². The lowest BCUT2D eigenvalue weighted by molar-refractivity contribution is -0.254. The van der Waals surface area contributed by atoms with Gasteiger partial charge in [0.2, 0.25) is 0 Å². The summed E-state index contributed by atoms with van der Waals surface area (Å²) in [6, 6.07) is 0. The summed E-state index contributed by atoms with van der Waals surface area (Å²) < 4.78 is 3.63. The maximum atomic E-state index is 10.5. The van der Waals surface area contributed by atoms with Gasteiger partial charge in [-0.05, 0) is 11.5 Å². The summed E-state index contributed by atoms with van der Waals surface area (Å²) in [7, 11) is 0. The van der Waals surface area contributed by atoms with Crippen molar-refractivity contribution in [3.63, 3.8) is 0 Å². The highest BCUT2D eigenvalue weighted by Crippen LogP contribution is 2.28. The molecule has 1 rings (SSSR count). The fourth-order valence-electron chi connectivity index (χ4n) is 0.386. The first-order valence-electron chi connectivity index (χ1n) is 2.15. The Kier molecular flexibility index (Phi) is 2.52. The normalized spacial score (nSPS) is 9.90. The molecule has 0 radical (unpaired) electrons. The Bertz CT molecular complexity index is 271. The Morgan fingerprint density at radius 1 is 1.60 bits per heavy atom. The third kappa shape index (κ3) is 1.42. The summed E-state index contributed by atoms with van der Waals surface area (Å²) in [6.45, 7) is 0. The van der Waals surface area contributed by atoms with Crippen LogP contribution >= 0.6 is 34.7 Å². The lowest BCUT2D eigenvalue weighted by Gasteiger charge is -1.78. The molecular formula is C4HCl3NOS+. The molecule has 0 aliphatic heterocycles. The van der Waals surface area contributed by atoms with Crippen LogP contribution in [0.25, 0.3) is 0 Å². The summed E-state index contributed by atoms with van der Waals surface area (Å²) in [4.78, 5) is 10.8. The first kappa shape index (κ1) is 8.27. The van der Waals surface area contributed by atoms with Crippen LogP contribution in [0.1, 0.15) is 9.67 Å². The zero-order chi connectivity index (χ0) is 7.72. The van der Waals surface area contributed by atoms with Crippen molar-refractivity contribution in [2.75, 3.05) is 0 Å². The number of nitrogens with zero attached hydrogens (tertiary/aromatic N) is 1. The van der Waals surface area contributed by atoms with E-state index in [0.717, 1.165) is 11.5 Å². The molecule has 6 heteroatoms. The minimum atomic E-state index is -0.519. The number of rotatable bonds is 1. The number of aromatic nitrogens is 1. The third-order valence-corrected chi connectivity index (χ3v) is 2.91. The smallest absolute Gasteiger partial charge is 0.219 e. The highest BCUT2D eigenvalue weighted by molar-refractivity contribution is 7.09. The molecule has 0 unspecified atom stereocenters. The first-order chi connectivity index (χ1) is 4.63. The zero-order valence-electron chi connectivity index (χ0n) is 4.43. The predicted octanol–water partition coefficient (Wildman–Crippen LogP) is 1.87. The second kappa shape index (κ2) is 3.05. The van der Waals surface area contributed by atoms with Crippen LogP contribution in [0, 0.1) is 11.6 Å². The van der Waals surface area contributed by atoms with E-state index in [9.17, 15) is 4.79 Å². The molecule has 0 aliphatic rings. The summed E-state index contributed by atoms with van der Waals surface area (Å²) in [5.74, 6) is 0. The number of hydrogen-bond acceptors (Lipinski definition) is 3. The van der Waals surface area contributed by atoms with Gasteiger partial charge >= 0.3 is 5.24 Å². The van der Waals surface area contributed by atoms with Gasteiger partial charge in [0.15, 0.2) is 21.6 Å². The Balaban J connectivity index is 3.17. The molecule has 1 aromatic rings. The monoisotopic (exact) mass is 216 g/mol. The van der Waals surface area contributed by atoms with Gasteiger partial charge in [0, 0.05) is 0 Å². The van der Waals surface area contributed by atoms with E-state index in [-0.39, 0.29) is 15.1 Å². The Morgan fingerprint density at radius 3 is 2.40 bits per heavy atom. The molecule has 2 nitrogen and oxygen atoms in total. The third-order valence-electron chi connectivity index (χ3n) is 0.783. The van der Waals surface area contributed by atoms with Gasteiger partial charge in [0.25, 0.3) is 0 Å². The number of hydrogen-bond donors (Lipinski definition) is 0. The van der Waals surface area contributed by atoms with Crippen molar-refractivity contribution in [2.24, 2.45) is 0 Å². The largest absolute Gasteiger partial charge is 0.444 e. The zero-order valence-corrected chi connectivity index (χ0v) is 7.57. The number of carbonyl (C=O) groups excluding carboxylic acids is 1. The van der Waals surface area contributed by atoms with Crippen molar-refractivity contribution in [3.05, 3.63) is 15.1 Å². The molecule has 1 aromatic heterocycles. The molecule has 0 saturated carbocycles. The summed E-state index contributed by atoms with van der Waals surface area (Å²) in [6.07, 6.45) is 0. The summed E-state index contributed by atoms with van der Waals surface area (Å²) >= 11 is 16.2. The van der Waals surface area contributed by atoms with E-state index in [0.29, 0.717) is 0 Å². The molecule has 10 heavy (non-hydrogen) atoms. The molecule has 0 saturated heterocycles. The van der Waals surface area contributed by atoms with Crippen LogP contribution in [-0.2, 0) is 0 Å². The second-order valence-corrected chi connectivity index (χ2v) is 3.28. The van der Waals surface area contributed by atoms with Gasteiger partial charge in [-0.25, -0.2) is 4.79 Å². The van der Waals surface area contributed by atoms with Gasteiger partial charge in [0.05, 0.1) is 0 Å². The Hall–Kier alpha value is 0.170. The fourth-order valence-corrected chi connectivity index (χ4v) is 1.71. The first-order valence-corrected chi connectivity index (χ1v) is 4.08. The van der Waals surface area contributed by atoms with Gasteiger partial charge in [-0.3, -0.25) is 0 Å². The highest BCUT2D eigenvalue weighted by atomic mass is 35.5. The fraction of sp³-hybridized carbons (Fsp3) is 0. The maximum absolute atomic E-state index is 10.5. The van der Waals surface area contributed by atoms with Crippen molar-refractivity contribution in [3.8, 4) is 0 Å². The standard InChI is InChI=1S/C4HCl3NOS/c5-1-2(4(7)9)10-8-3(1)6/h7H/q+1. The van der Waals surface area contributed by atoms with Crippen LogP contribution < -0.4 is 0 Å². The van der Waals surface area contributed by atoms with Gasteiger partial charge in [0.1, 0.15) is 5.02 Å². The number of carbonyl (C=O) groups is 1.